The van der Waals surface area contributed by atoms with E-state index in [-0.39, 0.29) is 42.2 Å². The SMILES string of the molecule is CCCCN1C(=O)[C@@H]([C@H](O)[C@H]2CC[C@H](OC)CC2)NC(=O)C12CCN(Cc1ccc(Oc3ccc(C(=O)NC)cc3)cc1)CC2.Cl. The average Bonchev–Trinajstić information content (AvgIpc) is 3.08. The van der Waals surface area contributed by atoms with Gasteiger partial charge in [0, 0.05) is 45.9 Å². The highest BCUT2D eigenvalue weighted by molar-refractivity contribution is 6.00. The maximum absolute atomic E-state index is 13.9. The topological polar surface area (TPSA) is 120 Å². The highest BCUT2D eigenvalue weighted by Gasteiger charge is 2.55. The number of aliphatic hydroxyl groups excluding tert-OH is 1. The van der Waals surface area contributed by atoms with E-state index in [1.54, 1.807) is 38.4 Å². The van der Waals surface area contributed by atoms with Gasteiger partial charge in [0.2, 0.25) is 11.8 Å². The number of carbonyl (C=O) groups excluding carboxylic acids is 3. The Morgan fingerprint density at radius 2 is 1.63 bits per heavy atom. The molecule has 0 unspecified atom stereocenters. The van der Waals surface area contributed by atoms with E-state index >= 15 is 0 Å². The molecule has 10 nitrogen and oxygen atoms in total. The molecule has 0 bridgehead atoms. The van der Waals surface area contributed by atoms with Crippen molar-refractivity contribution >= 4 is 30.1 Å². The maximum atomic E-state index is 13.9. The summed E-state index contributed by atoms with van der Waals surface area (Å²) in [4.78, 5) is 43.7. The molecule has 46 heavy (non-hydrogen) atoms. The van der Waals surface area contributed by atoms with Gasteiger partial charge in [-0.15, -0.1) is 12.4 Å². The number of hydrogen-bond donors (Lipinski definition) is 3. The molecule has 5 rings (SSSR count). The molecular formula is C35H49ClN4O6. The number of unbranched alkanes of at least 4 members (excludes halogenated alkanes) is 1. The Kier molecular flexibility index (Phi) is 12.5. The lowest BCUT2D eigenvalue weighted by molar-refractivity contribution is -0.166. The Morgan fingerprint density at radius 1 is 1.02 bits per heavy atom. The summed E-state index contributed by atoms with van der Waals surface area (Å²) in [6, 6.07) is 14.0. The molecule has 3 aliphatic rings. The molecule has 0 radical (unpaired) electrons. The number of ether oxygens (including phenoxy) is 2. The molecule has 3 fully saturated rings. The number of aliphatic hydroxyl groups is 1. The van der Waals surface area contributed by atoms with Gasteiger partial charge >= 0.3 is 0 Å². The zero-order valence-corrected chi connectivity index (χ0v) is 28.0. The van der Waals surface area contributed by atoms with Gasteiger partial charge < -0.3 is 30.1 Å². The second-order valence-corrected chi connectivity index (χ2v) is 12.7. The Balaban J connectivity index is 0.00000480. The van der Waals surface area contributed by atoms with Crippen molar-refractivity contribution in [3.63, 3.8) is 0 Å². The number of nitrogens with zero attached hydrogens (tertiary/aromatic N) is 2. The number of benzene rings is 2. The second kappa shape index (κ2) is 16.1. The number of carbonyl (C=O) groups is 3. The average molecular weight is 657 g/mol. The van der Waals surface area contributed by atoms with Crippen LogP contribution in [-0.2, 0) is 20.9 Å². The number of piperidine rings is 1. The lowest BCUT2D eigenvalue weighted by Crippen LogP contribution is -2.75. The summed E-state index contributed by atoms with van der Waals surface area (Å²) in [5, 5.41) is 16.9. The van der Waals surface area contributed by atoms with Gasteiger partial charge in [0.05, 0.1) is 12.2 Å². The number of piperazine rings is 1. The third kappa shape index (κ3) is 7.85. The van der Waals surface area contributed by atoms with Crippen LogP contribution in [0.4, 0.5) is 0 Å². The number of halogens is 1. The first-order valence-electron chi connectivity index (χ1n) is 16.4. The molecule has 3 amide bonds. The van der Waals surface area contributed by atoms with E-state index in [9.17, 15) is 19.5 Å². The summed E-state index contributed by atoms with van der Waals surface area (Å²) in [6.45, 7) is 4.72. The van der Waals surface area contributed by atoms with Crippen LogP contribution >= 0.6 is 12.4 Å². The van der Waals surface area contributed by atoms with Crippen LogP contribution < -0.4 is 15.4 Å². The second-order valence-electron chi connectivity index (χ2n) is 12.7. The predicted octanol–water partition coefficient (Wildman–Crippen LogP) is 4.29. The minimum Gasteiger partial charge on any atom is -0.457 e. The Hall–Kier alpha value is -3.18. The van der Waals surface area contributed by atoms with Crippen molar-refractivity contribution in [1.29, 1.82) is 0 Å². The summed E-state index contributed by atoms with van der Waals surface area (Å²) in [6.07, 6.45) is 5.45. The Morgan fingerprint density at radius 3 is 2.20 bits per heavy atom. The van der Waals surface area contributed by atoms with Crippen molar-refractivity contribution < 1.29 is 29.0 Å². The van der Waals surface area contributed by atoms with Crippen molar-refractivity contribution in [2.75, 3.05) is 33.8 Å². The van der Waals surface area contributed by atoms with Crippen LogP contribution in [0.3, 0.4) is 0 Å². The van der Waals surface area contributed by atoms with Crippen molar-refractivity contribution in [3.05, 3.63) is 59.7 Å². The van der Waals surface area contributed by atoms with Gasteiger partial charge in [-0.1, -0.05) is 25.5 Å². The van der Waals surface area contributed by atoms with Gasteiger partial charge in [-0.05, 0) is 92.8 Å². The molecule has 2 atom stereocenters. The zero-order chi connectivity index (χ0) is 32.0. The van der Waals surface area contributed by atoms with Crippen LogP contribution in [-0.4, -0.2) is 90.2 Å². The predicted molar refractivity (Wildman–Crippen MR) is 178 cm³/mol. The van der Waals surface area contributed by atoms with Crippen molar-refractivity contribution in [2.24, 2.45) is 5.92 Å². The summed E-state index contributed by atoms with van der Waals surface area (Å²) >= 11 is 0. The smallest absolute Gasteiger partial charge is 0.251 e. The van der Waals surface area contributed by atoms with E-state index in [0.29, 0.717) is 49.5 Å². The van der Waals surface area contributed by atoms with Gasteiger partial charge in [-0.3, -0.25) is 19.3 Å². The highest BCUT2D eigenvalue weighted by atomic mass is 35.5. The lowest BCUT2D eigenvalue weighted by Gasteiger charge is -2.52. The van der Waals surface area contributed by atoms with E-state index in [4.69, 9.17) is 9.47 Å². The van der Waals surface area contributed by atoms with Gasteiger partial charge in [0.1, 0.15) is 23.1 Å². The Labute approximate surface area is 278 Å². The minimum absolute atomic E-state index is 0. The number of hydrogen-bond acceptors (Lipinski definition) is 7. The van der Waals surface area contributed by atoms with E-state index in [0.717, 1.165) is 50.6 Å². The van der Waals surface area contributed by atoms with Crippen molar-refractivity contribution in [3.8, 4) is 11.5 Å². The number of methoxy groups -OCH3 is 1. The van der Waals surface area contributed by atoms with E-state index in [2.05, 4.69) is 22.5 Å². The molecule has 3 N–H and O–H groups in total. The van der Waals surface area contributed by atoms with E-state index < -0.39 is 17.7 Å². The number of nitrogens with one attached hydrogen (secondary N) is 2. The first kappa shape index (κ1) is 35.7. The quantitative estimate of drug-likeness (QED) is 0.330. The number of rotatable bonds is 11. The first-order chi connectivity index (χ1) is 21.8. The molecule has 2 heterocycles. The van der Waals surface area contributed by atoms with Crippen LogP contribution in [0.5, 0.6) is 11.5 Å². The summed E-state index contributed by atoms with van der Waals surface area (Å²) in [5.41, 5.74) is 0.828. The standard InChI is InChI=1S/C35H48N4O6.ClH/c1-4-5-20-39-33(42)30(31(40)25-8-14-27(44-3)15-9-25)37-34(43)35(39)18-21-38(22-19-35)23-24-6-12-28(13-7-24)45-29-16-10-26(11-17-29)32(41)36-2;/h6-7,10-13,16-17,25,27,30-31,40H,4-5,8-9,14-15,18-23H2,1-3H3,(H,36,41)(H,37,43);1H/t25-,27-,30-,31-;/m1./s1. The molecular weight excluding hydrogens is 608 g/mol. The van der Waals surface area contributed by atoms with E-state index in [1.807, 2.05) is 29.2 Å². The third-order valence-electron chi connectivity index (χ3n) is 9.96. The van der Waals surface area contributed by atoms with Crippen LogP contribution in [0.15, 0.2) is 48.5 Å². The maximum Gasteiger partial charge on any atom is 0.251 e. The molecule has 0 aromatic heterocycles. The van der Waals surface area contributed by atoms with Gasteiger partial charge in [0.25, 0.3) is 5.91 Å². The fourth-order valence-electron chi connectivity index (χ4n) is 7.10. The summed E-state index contributed by atoms with van der Waals surface area (Å²) < 4.78 is 11.4. The van der Waals surface area contributed by atoms with E-state index in [1.165, 1.54) is 0 Å². The zero-order valence-electron chi connectivity index (χ0n) is 27.2. The molecule has 2 saturated heterocycles. The number of likely N-dealkylation sites (tertiary alicyclic amines) is 1. The fraction of sp³-hybridized carbons (Fsp3) is 0.571. The molecule has 1 aliphatic carbocycles. The van der Waals surface area contributed by atoms with Crippen LogP contribution in [0.1, 0.15) is 74.2 Å². The minimum atomic E-state index is -0.894. The van der Waals surface area contributed by atoms with Gasteiger partial charge in [-0.2, -0.15) is 0 Å². The molecule has 1 saturated carbocycles. The van der Waals surface area contributed by atoms with Crippen LogP contribution in [0, 0.1) is 5.92 Å². The van der Waals surface area contributed by atoms with Crippen LogP contribution in [0.2, 0.25) is 0 Å². The van der Waals surface area contributed by atoms with Crippen molar-refractivity contribution in [1.82, 2.24) is 20.4 Å². The van der Waals surface area contributed by atoms with Crippen molar-refractivity contribution in [2.45, 2.75) is 88.6 Å². The first-order valence-corrected chi connectivity index (χ1v) is 16.4. The highest BCUT2D eigenvalue weighted by Crippen LogP contribution is 2.37. The monoisotopic (exact) mass is 656 g/mol. The molecule has 2 aromatic rings. The Bertz CT molecular complexity index is 1310. The normalized spacial score (nSPS) is 23.7. The summed E-state index contributed by atoms with van der Waals surface area (Å²) in [7, 11) is 3.32. The van der Waals surface area contributed by atoms with Crippen LogP contribution in [0.25, 0.3) is 0 Å². The molecule has 2 aliphatic heterocycles. The molecule has 2 aromatic carbocycles. The lowest BCUT2D eigenvalue weighted by atomic mass is 9.77. The third-order valence-corrected chi connectivity index (χ3v) is 9.96. The summed E-state index contributed by atoms with van der Waals surface area (Å²) in [5.74, 6) is 0.919. The largest absolute Gasteiger partial charge is 0.457 e. The fourth-order valence-corrected chi connectivity index (χ4v) is 7.10. The van der Waals surface area contributed by atoms with Gasteiger partial charge in [0.15, 0.2) is 0 Å². The molecule has 1 spiro atoms. The molecule has 252 valence electrons. The number of amides is 3. The van der Waals surface area contributed by atoms with Gasteiger partial charge in [-0.25, -0.2) is 0 Å². The molecule has 11 heteroatoms.